The van der Waals surface area contributed by atoms with Crippen LogP contribution in [0.3, 0.4) is 0 Å². The molecule has 0 atom stereocenters. The summed E-state index contributed by atoms with van der Waals surface area (Å²) in [4.78, 5) is 0. The largest absolute Gasteiger partial charge is 0.504 e. The molecule has 0 bridgehead atoms. The molecule has 7 aromatic carbocycles. The van der Waals surface area contributed by atoms with Crippen molar-refractivity contribution in [1.82, 2.24) is 4.57 Å². The van der Waals surface area contributed by atoms with Gasteiger partial charge in [-0.1, -0.05) is 88.7 Å². The highest BCUT2D eigenvalue weighted by atomic mass is 79.9. The van der Waals surface area contributed by atoms with Gasteiger partial charge in [0.1, 0.15) is 0 Å². The monoisotopic (exact) mass is 785 g/mol. The van der Waals surface area contributed by atoms with Crippen molar-refractivity contribution in [1.29, 1.82) is 0 Å². The first-order chi connectivity index (χ1) is 25.9. The van der Waals surface area contributed by atoms with Crippen LogP contribution < -0.4 is 0 Å². The molecule has 0 unspecified atom stereocenters. The van der Waals surface area contributed by atoms with Crippen molar-refractivity contribution in [2.45, 2.75) is 0 Å². The molecule has 0 saturated heterocycles. The third-order valence-electron chi connectivity index (χ3n) is 9.58. The quantitative estimate of drug-likeness (QED) is 0.0591. The molecule has 0 saturated carbocycles. The van der Waals surface area contributed by atoms with E-state index < -0.39 is 68.6 Å². The molecule has 0 spiro atoms. The molecule has 0 radical (unpaired) electrons. The predicted octanol–water partition coefficient (Wildman–Crippen LogP) is 9.27. The lowest BCUT2D eigenvalue weighted by Crippen LogP contribution is -1.99. The Morgan fingerprint density at radius 1 is 0.352 bits per heavy atom. The average molecular weight is 787 g/mol. The second-order valence-electron chi connectivity index (χ2n) is 12.6. The minimum absolute atomic E-state index is 0.107. The Hall–Kier alpha value is -7.18. The van der Waals surface area contributed by atoms with Gasteiger partial charge in [-0.2, -0.15) is 0 Å². The minimum Gasteiger partial charge on any atom is -0.504 e. The summed E-state index contributed by atoms with van der Waals surface area (Å²) in [5.41, 5.74) is 3.98. The molecule has 1 heterocycles. The molecule has 8 rings (SSSR count). The highest BCUT2D eigenvalue weighted by Gasteiger charge is 2.30. The first-order valence-corrected chi connectivity index (χ1v) is 17.1. The van der Waals surface area contributed by atoms with E-state index in [1.165, 1.54) is 18.2 Å². The molecule has 0 aliphatic carbocycles. The zero-order valence-corrected chi connectivity index (χ0v) is 29.3. The lowest BCUT2D eigenvalue weighted by atomic mass is 9.93. The minimum atomic E-state index is -1.18. The highest BCUT2D eigenvalue weighted by Crippen LogP contribution is 2.58. The fraction of sp³-hybridized carbons (Fsp3) is 0. The number of phenolic OH excluding ortho intramolecular Hbond substituents is 10. The summed E-state index contributed by atoms with van der Waals surface area (Å²) >= 11 is 3.57. The maximum absolute atomic E-state index is 11.2. The van der Waals surface area contributed by atoms with Gasteiger partial charge in [0.05, 0.1) is 27.8 Å². The van der Waals surface area contributed by atoms with Crippen LogP contribution in [0.4, 0.5) is 0 Å². The van der Waals surface area contributed by atoms with Crippen molar-refractivity contribution in [2.75, 3.05) is 0 Å². The molecule has 0 aliphatic heterocycles. The molecule has 0 aliphatic rings. The topological polar surface area (TPSA) is 207 Å². The van der Waals surface area contributed by atoms with Crippen LogP contribution in [0.15, 0.2) is 114 Å². The van der Waals surface area contributed by atoms with E-state index in [2.05, 4.69) is 15.9 Å². The number of para-hydroxylation sites is 1. The van der Waals surface area contributed by atoms with E-state index in [4.69, 9.17) is 0 Å². The second-order valence-corrected chi connectivity index (χ2v) is 13.5. The van der Waals surface area contributed by atoms with Gasteiger partial charge in [0.15, 0.2) is 23.0 Å². The summed E-state index contributed by atoms with van der Waals surface area (Å²) in [6, 6.07) is 33.4. The van der Waals surface area contributed by atoms with Gasteiger partial charge in [-0.25, -0.2) is 0 Å². The normalized spacial score (nSPS) is 11.4. The summed E-state index contributed by atoms with van der Waals surface area (Å²) in [6.45, 7) is 0. The summed E-state index contributed by atoms with van der Waals surface area (Å²) in [6.07, 6.45) is 0. The maximum atomic E-state index is 11.2. The number of fused-ring (bicyclic) bond motifs is 3. The molecule has 10 N–H and O–H groups in total. The third kappa shape index (κ3) is 5.03. The van der Waals surface area contributed by atoms with Crippen LogP contribution in [-0.2, 0) is 0 Å². The smallest absolute Gasteiger partial charge is 0.208 e. The van der Waals surface area contributed by atoms with E-state index in [1.54, 1.807) is 0 Å². The molecule has 0 amide bonds. The number of hydrogen-bond acceptors (Lipinski definition) is 10. The van der Waals surface area contributed by atoms with Crippen molar-refractivity contribution in [3.8, 4) is 108 Å². The van der Waals surface area contributed by atoms with E-state index in [0.29, 0.717) is 11.0 Å². The number of hydrogen-bond donors (Lipinski definition) is 10. The fourth-order valence-corrected chi connectivity index (χ4v) is 7.43. The summed E-state index contributed by atoms with van der Waals surface area (Å²) in [5.74, 6) is -10.9. The van der Waals surface area contributed by atoms with Gasteiger partial charge in [0, 0.05) is 20.8 Å². The van der Waals surface area contributed by atoms with E-state index in [0.717, 1.165) is 37.5 Å². The van der Waals surface area contributed by atoms with Crippen LogP contribution in [0.1, 0.15) is 0 Å². The van der Waals surface area contributed by atoms with Crippen LogP contribution in [0.2, 0.25) is 0 Å². The Morgan fingerprint density at radius 2 is 0.852 bits per heavy atom. The van der Waals surface area contributed by atoms with Crippen molar-refractivity contribution in [3.63, 3.8) is 0 Å². The predicted molar refractivity (Wildman–Crippen MR) is 207 cm³/mol. The van der Waals surface area contributed by atoms with Crippen LogP contribution in [0.5, 0.6) is 57.5 Å². The Kier molecular flexibility index (Phi) is 7.85. The summed E-state index contributed by atoms with van der Waals surface area (Å²) in [5, 5.41) is 108. The Bertz CT molecular complexity index is 2810. The number of nitrogens with zero attached hydrogens (tertiary/aromatic N) is 1. The summed E-state index contributed by atoms with van der Waals surface area (Å²) < 4.78 is 2.74. The Balaban J connectivity index is 1.48. The molecule has 11 nitrogen and oxygen atoms in total. The number of aromatic hydroxyl groups is 10. The van der Waals surface area contributed by atoms with Gasteiger partial charge in [0.25, 0.3) is 0 Å². The first-order valence-electron chi connectivity index (χ1n) is 16.3. The highest BCUT2D eigenvalue weighted by molar-refractivity contribution is 9.10. The van der Waals surface area contributed by atoms with Crippen molar-refractivity contribution in [3.05, 3.63) is 114 Å². The summed E-state index contributed by atoms with van der Waals surface area (Å²) in [7, 11) is 0. The number of aromatic nitrogens is 1. The third-order valence-corrected chi connectivity index (χ3v) is 10.1. The van der Waals surface area contributed by atoms with Gasteiger partial charge in [-0.3, -0.25) is 0 Å². The fourth-order valence-electron chi connectivity index (χ4n) is 7.03. The second kappa shape index (κ2) is 12.5. The zero-order valence-electron chi connectivity index (χ0n) is 27.7. The number of halogens is 1. The molecule has 1 aromatic heterocycles. The van der Waals surface area contributed by atoms with Crippen LogP contribution in [0.25, 0.3) is 72.0 Å². The Morgan fingerprint density at radius 3 is 1.46 bits per heavy atom. The van der Waals surface area contributed by atoms with Crippen molar-refractivity contribution in [2.24, 2.45) is 0 Å². The first kappa shape index (κ1) is 33.9. The molecule has 12 heteroatoms. The van der Waals surface area contributed by atoms with Crippen LogP contribution in [0, 0.1) is 0 Å². The average Bonchev–Trinajstić information content (AvgIpc) is 3.51. The standard InChI is InChI=1S/C42H28BrNO10/c43-22-7-5-6-19(16-22)23-8-1-2-9-24(23)20-12-14-26-25-10-3-4-11-28(25)44(30(26)18-20)29-15-13-21(31-33(45)37(49)41(53)38(50)34(31)46)17-27(29)32-35(47)39(51)42(54)40(52)36(32)48/h1-18,45-54H. The van der Waals surface area contributed by atoms with Gasteiger partial charge < -0.3 is 55.6 Å². The van der Waals surface area contributed by atoms with Gasteiger partial charge in [-0.05, 0) is 64.2 Å². The maximum Gasteiger partial charge on any atom is 0.208 e. The lowest BCUT2D eigenvalue weighted by Gasteiger charge is -2.20. The number of rotatable bonds is 5. The lowest BCUT2D eigenvalue weighted by molar-refractivity contribution is 0.330. The number of benzene rings is 7. The molecular weight excluding hydrogens is 758 g/mol. The molecule has 8 aromatic rings. The van der Waals surface area contributed by atoms with E-state index >= 15 is 0 Å². The zero-order chi connectivity index (χ0) is 38.2. The Labute approximate surface area is 313 Å². The molecule has 54 heavy (non-hydrogen) atoms. The van der Waals surface area contributed by atoms with Gasteiger partial charge in [0.2, 0.25) is 34.5 Å². The van der Waals surface area contributed by atoms with Crippen molar-refractivity contribution < 1.29 is 51.1 Å². The van der Waals surface area contributed by atoms with E-state index in [9.17, 15) is 51.1 Å². The number of phenols is 10. The van der Waals surface area contributed by atoms with E-state index in [1.807, 2.05) is 95.6 Å². The van der Waals surface area contributed by atoms with Crippen LogP contribution >= 0.6 is 15.9 Å². The van der Waals surface area contributed by atoms with Gasteiger partial charge in [-0.15, -0.1) is 0 Å². The van der Waals surface area contributed by atoms with Crippen molar-refractivity contribution >= 4 is 37.7 Å². The molecular formula is C42H28BrNO10. The van der Waals surface area contributed by atoms with E-state index in [-0.39, 0.29) is 16.8 Å². The molecule has 268 valence electrons. The molecule has 0 fully saturated rings. The van der Waals surface area contributed by atoms with Crippen LogP contribution in [-0.4, -0.2) is 55.6 Å². The SMILES string of the molecule is Oc1c(O)c(O)c(-c2ccc(-n3c4ccccc4c4ccc(-c5ccccc5-c5cccc(Br)c5)cc43)c(-c3c(O)c(O)c(O)c(O)c3O)c2)c(O)c1O. The van der Waals surface area contributed by atoms with Gasteiger partial charge >= 0.3 is 0 Å².